The lowest BCUT2D eigenvalue weighted by molar-refractivity contribution is 0.575. The van der Waals surface area contributed by atoms with Crippen LogP contribution in [0.3, 0.4) is 0 Å². The first kappa shape index (κ1) is 24.1. The molecule has 0 bridgehead atoms. The van der Waals surface area contributed by atoms with Gasteiger partial charge in [0.15, 0.2) is 0 Å². The number of rotatable bonds is 4. The van der Waals surface area contributed by atoms with Crippen molar-refractivity contribution < 1.29 is 0 Å². The van der Waals surface area contributed by atoms with Crippen molar-refractivity contribution >= 4 is 16.9 Å². The topological polar surface area (TPSA) is 52.0 Å². The summed E-state index contributed by atoms with van der Waals surface area (Å²) in [4.78, 5) is 0. The molecule has 6 rings (SSSR count). The smallest absolute Gasteiger partial charge is 0.0352 e. The molecule has 0 amide bonds. The fraction of sp³-hybridized carbons (Fsp3) is 0.167. The maximum absolute atomic E-state index is 6.39. The second kappa shape index (κ2) is 9.87. The standard InChI is InChI=1S/C36H34N2/c1-23-9-3-5-11-28(23)33-19-24(2)29-17-15-25(21-34(29)31-18-16-27(37)22-35(31)33)20-26-10-4-6-12-30(26)32-13-7-8-14-36(32)38/h3-18,21-22,26,30,33H,2,19-20,37-38H2,1H3. The molecule has 2 aliphatic rings. The molecule has 3 atom stereocenters. The van der Waals surface area contributed by atoms with Crippen molar-refractivity contribution in [2.45, 2.75) is 31.6 Å². The number of para-hydroxylation sites is 1. The molecule has 0 saturated heterocycles. The van der Waals surface area contributed by atoms with E-state index in [0.717, 1.165) is 24.2 Å². The minimum absolute atomic E-state index is 0.218. The molecule has 0 saturated carbocycles. The van der Waals surface area contributed by atoms with Gasteiger partial charge in [-0.3, -0.25) is 0 Å². The predicted molar refractivity (Wildman–Crippen MR) is 162 cm³/mol. The van der Waals surface area contributed by atoms with Crippen molar-refractivity contribution in [3.05, 3.63) is 149 Å². The summed E-state index contributed by atoms with van der Waals surface area (Å²) < 4.78 is 0. The summed E-state index contributed by atoms with van der Waals surface area (Å²) in [5.74, 6) is 0.810. The Morgan fingerprint density at radius 2 is 1.47 bits per heavy atom. The summed E-state index contributed by atoms with van der Waals surface area (Å²) in [6.07, 6.45) is 10.7. The number of allylic oxidation sites excluding steroid dienone is 5. The van der Waals surface area contributed by atoms with E-state index in [2.05, 4.69) is 105 Å². The highest BCUT2D eigenvalue weighted by molar-refractivity contribution is 5.86. The third kappa shape index (κ3) is 4.37. The molecular formula is C36H34N2. The molecule has 188 valence electrons. The lowest BCUT2D eigenvalue weighted by Gasteiger charge is -2.26. The third-order valence-electron chi connectivity index (χ3n) is 8.30. The molecule has 38 heavy (non-hydrogen) atoms. The number of hydrogen-bond donors (Lipinski definition) is 2. The van der Waals surface area contributed by atoms with Crippen LogP contribution in [-0.2, 0) is 6.42 Å². The van der Waals surface area contributed by atoms with E-state index in [1.54, 1.807) is 0 Å². The highest BCUT2D eigenvalue weighted by Crippen LogP contribution is 2.47. The lowest BCUT2D eigenvalue weighted by atomic mass is 9.78. The molecule has 4 aromatic rings. The number of nitrogens with two attached hydrogens (primary N) is 2. The van der Waals surface area contributed by atoms with Gasteiger partial charge in [-0.1, -0.05) is 97.6 Å². The van der Waals surface area contributed by atoms with E-state index in [-0.39, 0.29) is 11.8 Å². The molecule has 2 nitrogen and oxygen atoms in total. The van der Waals surface area contributed by atoms with Crippen LogP contribution in [0.4, 0.5) is 11.4 Å². The maximum Gasteiger partial charge on any atom is 0.0352 e. The molecule has 3 unspecified atom stereocenters. The molecule has 0 heterocycles. The van der Waals surface area contributed by atoms with Crippen molar-refractivity contribution in [2.24, 2.45) is 5.92 Å². The Hall–Kier alpha value is -4.30. The van der Waals surface area contributed by atoms with Gasteiger partial charge in [-0.05, 0) is 94.0 Å². The quantitative estimate of drug-likeness (QED) is 0.280. The normalized spacial score (nSPS) is 20.0. The van der Waals surface area contributed by atoms with Crippen molar-refractivity contribution in [1.82, 2.24) is 0 Å². The third-order valence-corrected chi connectivity index (χ3v) is 8.30. The van der Waals surface area contributed by atoms with Gasteiger partial charge < -0.3 is 11.5 Å². The van der Waals surface area contributed by atoms with Gasteiger partial charge in [-0.2, -0.15) is 0 Å². The molecule has 0 aromatic heterocycles. The van der Waals surface area contributed by atoms with Gasteiger partial charge in [-0.15, -0.1) is 0 Å². The lowest BCUT2D eigenvalue weighted by Crippen LogP contribution is -2.15. The van der Waals surface area contributed by atoms with Crippen LogP contribution in [0.15, 0.2) is 116 Å². The zero-order valence-corrected chi connectivity index (χ0v) is 21.9. The number of benzene rings is 4. The summed E-state index contributed by atoms with van der Waals surface area (Å²) in [5.41, 5.74) is 25.8. The number of nitrogen functional groups attached to an aromatic ring is 2. The second-order valence-corrected chi connectivity index (χ2v) is 10.7. The average Bonchev–Trinajstić information content (AvgIpc) is 3.04. The molecule has 0 radical (unpaired) electrons. The minimum atomic E-state index is 0.218. The Balaban J connectivity index is 1.42. The highest BCUT2D eigenvalue weighted by Gasteiger charge is 2.28. The number of fused-ring (bicyclic) bond motifs is 3. The van der Waals surface area contributed by atoms with Gasteiger partial charge >= 0.3 is 0 Å². The van der Waals surface area contributed by atoms with E-state index >= 15 is 0 Å². The largest absolute Gasteiger partial charge is 0.399 e. The van der Waals surface area contributed by atoms with Crippen LogP contribution < -0.4 is 11.5 Å². The van der Waals surface area contributed by atoms with Gasteiger partial charge in [0.25, 0.3) is 0 Å². The first-order valence-electron chi connectivity index (χ1n) is 13.5. The number of aryl methyl sites for hydroxylation is 1. The monoisotopic (exact) mass is 494 g/mol. The van der Waals surface area contributed by atoms with Crippen molar-refractivity contribution in [2.75, 3.05) is 11.5 Å². The van der Waals surface area contributed by atoms with Gasteiger partial charge in [-0.25, -0.2) is 0 Å². The van der Waals surface area contributed by atoms with Gasteiger partial charge in [0, 0.05) is 23.2 Å². The Morgan fingerprint density at radius 1 is 0.737 bits per heavy atom. The summed E-state index contributed by atoms with van der Waals surface area (Å²) in [5, 5.41) is 0. The van der Waals surface area contributed by atoms with E-state index in [9.17, 15) is 0 Å². The van der Waals surface area contributed by atoms with Gasteiger partial charge in [0.1, 0.15) is 0 Å². The molecule has 0 aliphatic heterocycles. The van der Waals surface area contributed by atoms with Crippen LogP contribution in [0.25, 0.3) is 16.7 Å². The first-order chi connectivity index (χ1) is 18.5. The Kier molecular flexibility index (Phi) is 6.25. The number of hydrogen-bond acceptors (Lipinski definition) is 2. The van der Waals surface area contributed by atoms with Crippen LogP contribution in [0.1, 0.15) is 51.6 Å². The zero-order valence-electron chi connectivity index (χ0n) is 21.9. The molecule has 2 heteroatoms. The van der Waals surface area contributed by atoms with E-state index in [0.29, 0.717) is 5.92 Å². The Labute approximate surface area is 226 Å². The molecule has 4 aromatic carbocycles. The van der Waals surface area contributed by atoms with Crippen LogP contribution in [-0.4, -0.2) is 0 Å². The predicted octanol–water partition coefficient (Wildman–Crippen LogP) is 8.44. The van der Waals surface area contributed by atoms with Crippen LogP contribution >= 0.6 is 0 Å². The van der Waals surface area contributed by atoms with Crippen LogP contribution in [0.2, 0.25) is 0 Å². The summed E-state index contributed by atoms with van der Waals surface area (Å²) in [6.45, 7) is 6.76. The maximum atomic E-state index is 6.39. The second-order valence-electron chi connectivity index (χ2n) is 10.7. The first-order valence-corrected chi connectivity index (χ1v) is 13.5. The fourth-order valence-electron chi connectivity index (χ4n) is 6.35. The molecular weight excluding hydrogens is 460 g/mol. The van der Waals surface area contributed by atoms with Gasteiger partial charge in [0.2, 0.25) is 0 Å². The van der Waals surface area contributed by atoms with Gasteiger partial charge in [0.05, 0.1) is 0 Å². The molecule has 2 aliphatic carbocycles. The minimum Gasteiger partial charge on any atom is -0.399 e. The summed E-state index contributed by atoms with van der Waals surface area (Å²) in [6, 6.07) is 30.3. The molecule has 0 fully saturated rings. The zero-order chi connectivity index (χ0) is 26.2. The number of anilines is 2. The van der Waals surface area contributed by atoms with E-state index in [1.807, 2.05) is 18.2 Å². The van der Waals surface area contributed by atoms with E-state index < -0.39 is 0 Å². The van der Waals surface area contributed by atoms with Crippen LogP contribution in [0.5, 0.6) is 0 Å². The van der Waals surface area contributed by atoms with Crippen molar-refractivity contribution in [1.29, 1.82) is 0 Å². The Bertz CT molecular complexity index is 1590. The molecule has 4 N–H and O–H groups in total. The molecule has 0 spiro atoms. The van der Waals surface area contributed by atoms with E-state index in [1.165, 1.54) is 50.1 Å². The van der Waals surface area contributed by atoms with E-state index in [4.69, 9.17) is 11.5 Å². The summed E-state index contributed by atoms with van der Waals surface area (Å²) in [7, 11) is 0. The van der Waals surface area contributed by atoms with Crippen molar-refractivity contribution in [3.63, 3.8) is 0 Å². The summed E-state index contributed by atoms with van der Waals surface area (Å²) >= 11 is 0. The highest BCUT2D eigenvalue weighted by atomic mass is 14.6. The average molecular weight is 495 g/mol. The van der Waals surface area contributed by atoms with Crippen molar-refractivity contribution in [3.8, 4) is 11.1 Å². The van der Waals surface area contributed by atoms with Crippen LogP contribution in [0, 0.1) is 12.8 Å². The Morgan fingerprint density at radius 3 is 2.29 bits per heavy atom. The SMILES string of the molecule is C=C1CC(c2ccccc2C)c2cc(N)ccc2-c2cc(CC3C=CC=CC3c3ccccc3N)ccc21. The fourth-order valence-corrected chi connectivity index (χ4v) is 6.35.